The third-order valence-electron chi connectivity index (χ3n) is 5.45. The molecule has 0 spiro atoms. The Labute approximate surface area is 146 Å². The molecule has 4 fully saturated rings. The van der Waals surface area contributed by atoms with Crippen molar-refractivity contribution >= 4 is 45.9 Å². The van der Waals surface area contributed by atoms with Gasteiger partial charge in [-0.3, -0.25) is 10.9 Å². The van der Waals surface area contributed by atoms with Crippen molar-refractivity contribution in [3.05, 3.63) is 22.4 Å². The maximum atomic E-state index is 5.50. The van der Waals surface area contributed by atoms with E-state index in [1.807, 2.05) is 17.5 Å². The average Bonchev–Trinajstić information content (AvgIpc) is 2.97. The molecular formula is C16H21N3S3. The van der Waals surface area contributed by atoms with Crippen LogP contribution in [-0.2, 0) is 0 Å². The van der Waals surface area contributed by atoms with Gasteiger partial charge in [0.05, 0.1) is 4.88 Å². The van der Waals surface area contributed by atoms with Crippen LogP contribution in [0.1, 0.15) is 43.4 Å². The Morgan fingerprint density at radius 2 is 1.68 bits per heavy atom. The van der Waals surface area contributed by atoms with Crippen molar-refractivity contribution in [3.63, 3.8) is 0 Å². The summed E-state index contributed by atoms with van der Waals surface area (Å²) in [5.41, 5.74) is 6.38. The Kier molecular flexibility index (Phi) is 3.86. The van der Waals surface area contributed by atoms with E-state index in [9.17, 15) is 0 Å². The average molecular weight is 352 g/mol. The fourth-order valence-electron chi connectivity index (χ4n) is 5.12. The molecule has 4 aliphatic rings. The van der Waals surface area contributed by atoms with Gasteiger partial charge in [-0.05, 0) is 79.9 Å². The van der Waals surface area contributed by atoms with E-state index < -0.39 is 0 Å². The molecule has 3 nitrogen and oxygen atoms in total. The van der Waals surface area contributed by atoms with Crippen LogP contribution in [0.5, 0.6) is 0 Å². The molecule has 1 heterocycles. The number of nitrogens with one attached hydrogen (secondary N) is 3. The van der Waals surface area contributed by atoms with Crippen LogP contribution >= 0.6 is 35.8 Å². The first-order chi connectivity index (χ1) is 10.6. The van der Waals surface area contributed by atoms with Gasteiger partial charge in [-0.2, -0.15) is 0 Å². The third kappa shape index (κ3) is 2.88. The van der Waals surface area contributed by atoms with E-state index in [4.69, 9.17) is 24.4 Å². The van der Waals surface area contributed by atoms with Crippen LogP contribution in [0.3, 0.4) is 0 Å². The predicted octanol–water partition coefficient (Wildman–Crippen LogP) is 3.36. The maximum absolute atomic E-state index is 5.50. The van der Waals surface area contributed by atoms with Crippen LogP contribution in [0.4, 0.5) is 0 Å². The minimum absolute atomic E-state index is 0.241. The molecule has 0 aliphatic heterocycles. The van der Waals surface area contributed by atoms with Crippen LogP contribution in [0.15, 0.2) is 17.5 Å². The largest absolute Gasteiger partial charge is 0.356 e. The molecule has 22 heavy (non-hydrogen) atoms. The van der Waals surface area contributed by atoms with Crippen LogP contribution < -0.4 is 16.2 Å². The molecule has 1 aromatic rings. The molecule has 0 saturated heterocycles. The lowest BCUT2D eigenvalue weighted by molar-refractivity contribution is -0.0102. The lowest BCUT2D eigenvalue weighted by Crippen LogP contribution is -2.62. The SMILES string of the molecule is S=C(NNC(=S)c1cccs1)NC12CC3CC(CC(C3)C1)C2. The zero-order valence-electron chi connectivity index (χ0n) is 12.4. The summed E-state index contributed by atoms with van der Waals surface area (Å²) in [6, 6.07) is 4.01. The fraction of sp³-hybridized carbons (Fsp3) is 0.625. The second-order valence-electron chi connectivity index (χ2n) is 7.21. The number of hydrogen-bond donors (Lipinski definition) is 3. The Morgan fingerprint density at radius 3 is 2.23 bits per heavy atom. The fourth-order valence-corrected chi connectivity index (χ4v) is 6.27. The van der Waals surface area contributed by atoms with Gasteiger partial charge in [0, 0.05) is 5.54 Å². The molecule has 0 unspecified atom stereocenters. The molecule has 4 bridgehead atoms. The first-order valence-corrected chi connectivity index (χ1v) is 9.73. The number of rotatable bonds is 2. The molecule has 1 aromatic heterocycles. The topological polar surface area (TPSA) is 36.1 Å². The standard InChI is InChI=1S/C16H21N3S3/c20-14(13-2-1-3-22-13)18-19-15(21)17-16-7-10-4-11(8-16)6-12(5-10)9-16/h1-3,10-12H,4-9H2,(H,18,20)(H2,17,19,21). The van der Waals surface area contributed by atoms with Gasteiger partial charge in [-0.1, -0.05) is 18.3 Å². The second kappa shape index (κ2) is 5.73. The smallest absolute Gasteiger partial charge is 0.185 e. The van der Waals surface area contributed by atoms with Gasteiger partial charge < -0.3 is 5.32 Å². The van der Waals surface area contributed by atoms with Gasteiger partial charge in [0.1, 0.15) is 4.99 Å². The molecule has 0 atom stereocenters. The summed E-state index contributed by atoms with van der Waals surface area (Å²) in [7, 11) is 0. The summed E-state index contributed by atoms with van der Waals surface area (Å²) >= 11 is 12.5. The van der Waals surface area contributed by atoms with E-state index in [1.165, 1.54) is 38.5 Å². The summed E-state index contributed by atoms with van der Waals surface area (Å²) in [4.78, 5) is 1.75. The Morgan fingerprint density at radius 1 is 1.05 bits per heavy atom. The quantitative estimate of drug-likeness (QED) is 0.563. The Bertz CT molecular complexity index is 546. The van der Waals surface area contributed by atoms with E-state index >= 15 is 0 Å². The summed E-state index contributed by atoms with van der Waals surface area (Å²) < 4.78 is 0. The maximum Gasteiger partial charge on any atom is 0.185 e. The second-order valence-corrected chi connectivity index (χ2v) is 8.97. The first kappa shape index (κ1) is 14.8. The molecule has 0 amide bonds. The molecule has 4 aliphatic carbocycles. The third-order valence-corrected chi connectivity index (χ3v) is 6.99. The highest BCUT2D eigenvalue weighted by Gasteiger charge is 2.51. The van der Waals surface area contributed by atoms with Gasteiger partial charge in [0.15, 0.2) is 5.11 Å². The molecule has 6 heteroatoms. The van der Waals surface area contributed by atoms with Gasteiger partial charge in [-0.25, -0.2) is 0 Å². The summed E-state index contributed by atoms with van der Waals surface area (Å²) in [6.45, 7) is 0. The summed E-state index contributed by atoms with van der Waals surface area (Å²) in [5.74, 6) is 2.75. The van der Waals surface area contributed by atoms with Crippen molar-refractivity contribution in [1.29, 1.82) is 0 Å². The normalized spacial score (nSPS) is 35.2. The zero-order valence-corrected chi connectivity index (χ0v) is 14.9. The van der Waals surface area contributed by atoms with Gasteiger partial charge >= 0.3 is 0 Å². The highest BCUT2D eigenvalue weighted by atomic mass is 32.1. The minimum atomic E-state index is 0.241. The van der Waals surface area contributed by atoms with Gasteiger partial charge in [0.25, 0.3) is 0 Å². The number of thiophene rings is 1. The van der Waals surface area contributed by atoms with Crippen molar-refractivity contribution in [2.45, 2.75) is 44.1 Å². The Hall–Kier alpha value is -0.720. The van der Waals surface area contributed by atoms with E-state index in [1.54, 1.807) is 11.3 Å². The highest BCUT2D eigenvalue weighted by Crippen LogP contribution is 2.55. The lowest BCUT2D eigenvalue weighted by Gasteiger charge is -2.57. The van der Waals surface area contributed by atoms with Crippen molar-refractivity contribution in [2.75, 3.05) is 0 Å². The van der Waals surface area contributed by atoms with E-state index in [0.717, 1.165) is 22.6 Å². The van der Waals surface area contributed by atoms with Crippen LogP contribution in [0.25, 0.3) is 0 Å². The van der Waals surface area contributed by atoms with Gasteiger partial charge in [-0.15, -0.1) is 11.3 Å². The first-order valence-electron chi connectivity index (χ1n) is 8.04. The van der Waals surface area contributed by atoms with Gasteiger partial charge in [0.2, 0.25) is 0 Å². The van der Waals surface area contributed by atoms with Crippen LogP contribution in [0.2, 0.25) is 0 Å². The Balaban J connectivity index is 1.33. The molecule has 0 aromatic carbocycles. The van der Waals surface area contributed by atoms with Crippen molar-refractivity contribution in [1.82, 2.24) is 16.2 Å². The van der Waals surface area contributed by atoms with Crippen molar-refractivity contribution in [2.24, 2.45) is 17.8 Å². The monoisotopic (exact) mass is 351 g/mol. The lowest BCUT2D eigenvalue weighted by atomic mass is 9.53. The van der Waals surface area contributed by atoms with Crippen molar-refractivity contribution in [3.8, 4) is 0 Å². The zero-order chi connectivity index (χ0) is 15.2. The van der Waals surface area contributed by atoms with Crippen LogP contribution in [-0.4, -0.2) is 15.6 Å². The molecular weight excluding hydrogens is 330 g/mol. The number of thiocarbonyl (C=S) groups is 2. The molecule has 3 N–H and O–H groups in total. The number of hydrazine groups is 1. The van der Waals surface area contributed by atoms with Crippen LogP contribution in [0, 0.1) is 17.8 Å². The minimum Gasteiger partial charge on any atom is -0.356 e. The van der Waals surface area contributed by atoms with E-state index in [0.29, 0.717) is 10.1 Å². The van der Waals surface area contributed by atoms with Crippen molar-refractivity contribution < 1.29 is 0 Å². The predicted molar refractivity (Wildman–Crippen MR) is 98.9 cm³/mol. The van der Waals surface area contributed by atoms with E-state index in [2.05, 4.69) is 16.2 Å². The summed E-state index contributed by atoms with van der Waals surface area (Å²) in [5, 5.41) is 6.33. The number of hydrogen-bond acceptors (Lipinski definition) is 3. The summed E-state index contributed by atoms with van der Waals surface area (Å²) in [6.07, 6.45) is 8.20. The molecule has 0 radical (unpaired) electrons. The molecule has 4 saturated carbocycles. The molecule has 5 rings (SSSR count). The van der Waals surface area contributed by atoms with E-state index in [-0.39, 0.29) is 5.54 Å². The highest BCUT2D eigenvalue weighted by molar-refractivity contribution is 7.81. The molecule has 118 valence electrons.